The van der Waals surface area contributed by atoms with Crippen LogP contribution in [0.15, 0.2) is 36.5 Å². The highest BCUT2D eigenvalue weighted by Crippen LogP contribution is 2.32. The number of carbonyl (C=O) groups excluding carboxylic acids is 1. The third-order valence-corrected chi connectivity index (χ3v) is 4.99. The number of likely N-dealkylation sites (tertiary alicyclic amines) is 1. The molecule has 1 atom stereocenters. The molecule has 0 spiro atoms. The molecule has 6 heteroatoms. The predicted molar refractivity (Wildman–Crippen MR) is 107 cm³/mol. The van der Waals surface area contributed by atoms with Gasteiger partial charge in [0.1, 0.15) is 11.5 Å². The van der Waals surface area contributed by atoms with Crippen molar-refractivity contribution < 1.29 is 21.8 Å². The molecule has 0 saturated carbocycles. The van der Waals surface area contributed by atoms with Crippen LogP contribution in [0.4, 0.5) is 8.78 Å². The lowest BCUT2D eigenvalue weighted by molar-refractivity contribution is 0.0389. The summed E-state index contributed by atoms with van der Waals surface area (Å²) < 4.78 is 77.7. The van der Waals surface area contributed by atoms with Crippen LogP contribution < -0.4 is 0 Å². The summed E-state index contributed by atoms with van der Waals surface area (Å²) in [6.07, 6.45) is -6.03. The first kappa shape index (κ1) is 14.0. The summed E-state index contributed by atoms with van der Waals surface area (Å²) in [5.41, 5.74) is -2.02. The summed E-state index contributed by atoms with van der Waals surface area (Å²) in [6.45, 7) is 0.722. The van der Waals surface area contributed by atoms with Crippen LogP contribution in [-0.4, -0.2) is 34.5 Å². The van der Waals surface area contributed by atoms with Crippen LogP contribution in [0.1, 0.15) is 62.4 Å². The number of rotatable bonds is 6. The molecule has 3 rings (SSSR count). The highest BCUT2D eigenvalue weighted by Gasteiger charge is 2.35. The van der Waals surface area contributed by atoms with Crippen LogP contribution in [0, 0.1) is 5.82 Å². The van der Waals surface area contributed by atoms with Crippen molar-refractivity contribution in [1.82, 2.24) is 9.88 Å². The Morgan fingerprint density at radius 2 is 2.21 bits per heavy atom. The summed E-state index contributed by atoms with van der Waals surface area (Å²) in [5.74, 6) is -1.29. The van der Waals surface area contributed by atoms with E-state index in [-0.39, 0.29) is 41.2 Å². The molecule has 0 radical (unpaired) electrons. The number of nitrogens with zero attached hydrogens (tertiary/aromatic N) is 2. The molecular weight excluding hydrogens is 382 g/mol. The van der Waals surface area contributed by atoms with E-state index in [0.29, 0.717) is 0 Å². The fraction of sp³-hybridized carbons (Fsp3) is 0.455. The van der Waals surface area contributed by atoms with Gasteiger partial charge in [-0.15, -0.1) is 0 Å². The maximum Gasteiger partial charge on any atom is 0.253 e. The number of hydrogen-bond donors (Lipinski definition) is 0. The van der Waals surface area contributed by atoms with E-state index in [4.69, 9.17) is 19.8 Å². The topological polar surface area (TPSA) is 33.2 Å². The molecule has 1 saturated heterocycles. The molecule has 150 valence electrons. The minimum Gasteiger partial charge on any atom is -0.338 e. The lowest BCUT2D eigenvalue weighted by atomic mass is 9.87. The molecule has 1 unspecified atom stereocenters. The third kappa shape index (κ3) is 5.07. The van der Waals surface area contributed by atoms with Crippen molar-refractivity contribution >= 4 is 17.5 Å². The zero-order chi connectivity index (χ0) is 25.5. The maximum atomic E-state index is 15.8. The summed E-state index contributed by atoms with van der Waals surface area (Å²) in [6, 6.07) is 6.18. The minimum atomic E-state index is -2.45. The van der Waals surface area contributed by atoms with Gasteiger partial charge in [-0.3, -0.25) is 9.78 Å². The van der Waals surface area contributed by atoms with Crippen LogP contribution in [0.2, 0.25) is 5.02 Å². The number of alkyl halides is 1. The predicted octanol–water partition coefficient (Wildman–Crippen LogP) is 5.40. The highest BCUT2D eigenvalue weighted by atomic mass is 35.5. The Balaban J connectivity index is 1.69. The number of carbonyl (C=O) groups is 1. The Kier molecular flexibility index (Phi) is 4.51. The van der Waals surface area contributed by atoms with E-state index >= 15 is 4.39 Å². The molecule has 0 bridgehead atoms. The molecule has 3 nitrogen and oxygen atoms in total. The molecule has 2 heterocycles. The summed E-state index contributed by atoms with van der Waals surface area (Å²) >= 11 is 5.72. The van der Waals surface area contributed by atoms with E-state index in [1.807, 2.05) is 0 Å². The van der Waals surface area contributed by atoms with Gasteiger partial charge in [0.2, 0.25) is 0 Å². The minimum absolute atomic E-state index is 0.00506. The largest absolute Gasteiger partial charge is 0.338 e. The first-order valence-electron chi connectivity index (χ1n) is 12.0. The number of halogens is 3. The number of aromatic nitrogens is 1. The molecule has 1 aliphatic rings. The van der Waals surface area contributed by atoms with Gasteiger partial charge in [-0.2, -0.15) is 0 Å². The molecule has 0 N–H and O–H groups in total. The molecule has 1 aliphatic heterocycles. The quantitative estimate of drug-likeness (QED) is 0.636. The number of amides is 1. The van der Waals surface area contributed by atoms with Crippen LogP contribution in [0.5, 0.6) is 0 Å². The van der Waals surface area contributed by atoms with Gasteiger partial charge in [0.15, 0.2) is 0 Å². The molecule has 28 heavy (non-hydrogen) atoms. The summed E-state index contributed by atoms with van der Waals surface area (Å²) in [4.78, 5) is 17.9. The SMILES string of the molecule is [2H]C([2H])(C)c1ccc(C([2H])([2H])CCC2(F)CCN(C(=O)c3ccc(F)c(Cl)c3)CC2([2H])[2H])nc1. The normalized spacial score (nSPS) is 25.6. The second-order valence-electron chi connectivity index (χ2n) is 6.61. The zero-order valence-electron chi connectivity index (χ0n) is 21.4. The first-order valence-corrected chi connectivity index (χ1v) is 9.34. The molecule has 2 aromatic rings. The summed E-state index contributed by atoms with van der Waals surface area (Å²) in [7, 11) is 0. The van der Waals surface area contributed by atoms with Crippen LogP contribution in [0.25, 0.3) is 0 Å². The van der Waals surface area contributed by atoms with Gasteiger partial charge in [-0.25, -0.2) is 8.78 Å². The fourth-order valence-electron chi connectivity index (χ4n) is 2.95. The molecule has 0 aliphatic carbocycles. The molecule has 1 aromatic carbocycles. The van der Waals surface area contributed by atoms with Crippen LogP contribution in [-0.2, 0) is 12.7 Å². The average molecular weight is 413 g/mol. The molecule has 1 amide bonds. The zero-order valence-corrected chi connectivity index (χ0v) is 16.2. The van der Waals surface area contributed by atoms with Crippen LogP contribution >= 0.6 is 11.6 Å². The van der Waals surface area contributed by atoms with Crippen molar-refractivity contribution in [2.75, 3.05) is 13.1 Å². The summed E-state index contributed by atoms with van der Waals surface area (Å²) in [5, 5.41) is -0.246. The Bertz CT molecular complexity index is 1060. The first-order chi connectivity index (χ1) is 15.6. The maximum absolute atomic E-state index is 15.8. The van der Waals surface area contributed by atoms with Gasteiger partial charge in [0.05, 0.1) is 5.02 Å². The van der Waals surface area contributed by atoms with Crippen LogP contribution in [0.3, 0.4) is 0 Å². The second-order valence-corrected chi connectivity index (χ2v) is 7.01. The Morgan fingerprint density at radius 1 is 1.39 bits per heavy atom. The lowest BCUT2D eigenvalue weighted by Crippen LogP contribution is -2.44. The molecule has 1 aromatic heterocycles. The number of piperidine rings is 1. The van der Waals surface area contributed by atoms with Crippen molar-refractivity contribution in [2.45, 2.75) is 51.0 Å². The smallest absolute Gasteiger partial charge is 0.253 e. The number of aryl methyl sites for hydroxylation is 2. The van der Waals surface area contributed by atoms with Gasteiger partial charge >= 0.3 is 0 Å². The second kappa shape index (κ2) is 8.99. The standard InChI is InChI=1S/C22H25ClF2N2O/c1-2-16-5-7-18(26-15-16)4-3-9-22(25)10-12-27(13-11-22)21(28)17-6-8-20(24)19(23)14-17/h5-8,14-15H,2-4,9-13H2,1H3/i2D2,4D2,10D2. The van der Waals surface area contributed by atoms with Crippen molar-refractivity contribution in [3.05, 3.63) is 64.2 Å². The van der Waals surface area contributed by atoms with Gasteiger partial charge in [-0.05, 0) is 68.2 Å². The van der Waals surface area contributed by atoms with Crippen molar-refractivity contribution in [1.29, 1.82) is 0 Å². The van der Waals surface area contributed by atoms with E-state index in [1.54, 1.807) is 0 Å². The average Bonchev–Trinajstić information content (AvgIpc) is 2.75. The van der Waals surface area contributed by atoms with E-state index in [0.717, 1.165) is 17.0 Å². The third-order valence-electron chi connectivity index (χ3n) is 4.70. The molecule has 1 fully saturated rings. The fourth-order valence-corrected chi connectivity index (χ4v) is 3.13. The van der Waals surface area contributed by atoms with E-state index in [1.165, 1.54) is 31.3 Å². The number of pyridine rings is 1. The van der Waals surface area contributed by atoms with Crippen molar-refractivity contribution in [2.24, 2.45) is 0 Å². The van der Waals surface area contributed by atoms with Gasteiger partial charge in [0.25, 0.3) is 5.91 Å². The number of benzene rings is 1. The highest BCUT2D eigenvalue weighted by molar-refractivity contribution is 6.31. The Hall–Kier alpha value is -2.01. The van der Waals surface area contributed by atoms with Gasteiger partial charge in [-0.1, -0.05) is 24.6 Å². The molecular formula is C22H25ClF2N2O. The lowest BCUT2D eigenvalue weighted by Gasteiger charge is -2.36. The van der Waals surface area contributed by atoms with E-state index < -0.39 is 49.5 Å². The van der Waals surface area contributed by atoms with E-state index in [2.05, 4.69) is 4.98 Å². The van der Waals surface area contributed by atoms with Gasteiger partial charge in [0, 0.05) is 38.8 Å². The monoisotopic (exact) mass is 412 g/mol. The van der Waals surface area contributed by atoms with E-state index in [9.17, 15) is 9.18 Å². The van der Waals surface area contributed by atoms with Crippen molar-refractivity contribution in [3.63, 3.8) is 0 Å². The van der Waals surface area contributed by atoms with Crippen molar-refractivity contribution in [3.8, 4) is 0 Å². The van der Waals surface area contributed by atoms with Gasteiger partial charge < -0.3 is 4.90 Å². The number of hydrogen-bond acceptors (Lipinski definition) is 2. The Labute approximate surface area is 178 Å². The Morgan fingerprint density at radius 3 is 2.86 bits per heavy atom.